The molecule has 1 N–H and O–H groups in total. The molecule has 0 aliphatic heterocycles. The van der Waals surface area contributed by atoms with Gasteiger partial charge in [0.2, 0.25) is 0 Å². The van der Waals surface area contributed by atoms with Gasteiger partial charge in [0.1, 0.15) is 17.6 Å². The summed E-state index contributed by atoms with van der Waals surface area (Å²) in [7, 11) is 3.67. The van der Waals surface area contributed by atoms with Crippen LogP contribution >= 0.6 is 0 Å². The van der Waals surface area contributed by atoms with Crippen LogP contribution in [0.15, 0.2) is 53.3 Å². The Morgan fingerprint density at radius 3 is 2.66 bits per heavy atom. The van der Waals surface area contributed by atoms with Gasteiger partial charge in [-0.05, 0) is 72.3 Å². The molecule has 0 spiro atoms. The number of rotatable bonds is 7. The molecule has 1 aliphatic rings. The number of ether oxygens (including phenoxy) is 1. The summed E-state index contributed by atoms with van der Waals surface area (Å²) >= 11 is 0. The van der Waals surface area contributed by atoms with Crippen molar-refractivity contribution >= 4 is 10.9 Å². The molecule has 2 aromatic carbocycles. The van der Waals surface area contributed by atoms with Crippen molar-refractivity contribution in [2.24, 2.45) is 0 Å². The number of halogens is 1. The molecule has 1 fully saturated rings. The molecule has 5 rings (SSSR count). The zero-order valence-corrected chi connectivity index (χ0v) is 19.9. The van der Waals surface area contributed by atoms with Gasteiger partial charge in [0, 0.05) is 22.5 Å². The maximum absolute atomic E-state index is 13.4. The van der Waals surface area contributed by atoms with Crippen LogP contribution in [0.4, 0.5) is 4.39 Å². The summed E-state index contributed by atoms with van der Waals surface area (Å²) in [5.74, 6) is 1.00. The number of H-pyrrole nitrogens is 1. The second-order valence-electron chi connectivity index (χ2n) is 9.19. The van der Waals surface area contributed by atoms with Crippen molar-refractivity contribution in [3.8, 4) is 5.75 Å². The molecule has 2 aromatic heterocycles. The Hall–Kier alpha value is -3.59. The second-order valence-corrected chi connectivity index (χ2v) is 9.19. The normalized spacial score (nSPS) is 15.5. The Morgan fingerprint density at radius 1 is 1.14 bits per heavy atom. The number of aromatic amines is 1. The lowest BCUT2D eigenvalue weighted by molar-refractivity contribution is 0.149. The van der Waals surface area contributed by atoms with Gasteiger partial charge in [0.25, 0.3) is 5.56 Å². The fourth-order valence-electron chi connectivity index (χ4n) is 5.05. The van der Waals surface area contributed by atoms with Crippen molar-refractivity contribution in [3.05, 3.63) is 81.7 Å². The van der Waals surface area contributed by atoms with E-state index in [1.165, 1.54) is 18.6 Å². The number of hydrogen-bond acceptors (Lipinski definition) is 6. The molecule has 0 amide bonds. The monoisotopic (exact) mass is 476 g/mol. The van der Waals surface area contributed by atoms with Crippen LogP contribution in [0.5, 0.6) is 5.75 Å². The van der Waals surface area contributed by atoms with E-state index in [0.29, 0.717) is 29.7 Å². The third kappa shape index (κ3) is 4.81. The molecule has 1 aliphatic carbocycles. The van der Waals surface area contributed by atoms with Crippen LogP contribution in [0.25, 0.3) is 10.9 Å². The first-order valence-corrected chi connectivity index (χ1v) is 12.0. The SMILES string of the molecule is COc1ccc2[nH]c(=O)c(C(c3nnnn3Cc3ccc(F)cc3)N(C)C3CCCCC3)cc2c1. The maximum atomic E-state index is 13.4. The van der Waals surface area contributed by atoms with Crippen molar-refractivity contribution in [3.63, 3.8) is 0 Å². The predicted octanol–water partition coefficient (Wildman–Crippen LogP) is 4.06. The van der Waals surface area contributed by atoms with Crippen LogP contribution in [-0.4, -0.2) is 50.3 Å². The Kier molecular flexibility index (Phi) is 6.59. The Labute approximate surface area is 202 Å². The van der Waals surface area contributed by atoms with Crippen LogP contribution < -0.4 is 10.3 Å². The molecule has 182 valence electrons. The first-order chi connectivity index (χ1) is 17.0. The van der Waals surface area contributed by atoms with Crippen molar-refractivity contribution < 1.29 is 9.13 Å². The van der Waals surface area contributed by atoms with Gasteiger partial charge in [0.05, 0.1) is 13.7 Å². The summed E-state index contributed by atoms with van der Waals surface area (Å²) in [6.45, 7) is 0.372. The zero-order chi connectivity index (χ0) is 24.4. The van der Waals surface area contributed by atoms with Crippen LogP contribution in [0.3, 0.4) is 0 Å². The highest BCUT2D eigenvalue weighted by molar-refractivity contribution is 5.80. The third-order valence-corrected chi connectivity index (χ3v) is 6.98. The lowest BCUT2D eigenvalue weighted by Crippen LogP contribution is -2.40. The van der Waals surface area contributed by atoms with E-state index in [2.05, 4.69) is 25.4 Å². The minimum Gasteiger partial charge on any atom is -0.497 e. The van der Waals surface area contributed by atoms with E-state index in [1.807, 2.05) is 31.3 Å². The number of fused-ring (bicyclic) bond motifs is 1. The Balaban J connectivity index is 1.61. The minimum absolute atomic E-state index is 0.174. The van der Waals surface area contributed by atoms with Gasteiger partial charge in [-0.3, -0.25) is 9.69 Å². The average molecular weight is 477 g/mol. The summed E-state index contributed by atoms with van der Waals surface area (Å²) in [4.78, 5) is 18.7. The summed E-state index contributed by atoms with van der Waals surface area (Å²) in [6.07, 6.45) is 5.67. The summed E-state index contributed by atoms with van der Waals surface area (Å²) in [6, 6.07) is 13.6. The molecular weight excluding hydrogens is 447 g/mol. The smallest absolute Gasteiger partial charge is 0.253 e. The van der Waals surface area contributed by atoms with Crippen LogP contribution in [-0.2, 0) is 6.54 Å². The Morgan fingerprint density at radius 2 is 1.91 bits per heavy atom. The van der Waals surface area contributed by atoms with E-state index >= 15 is 0 Å². The number of pyridine rings is 1. The average Bonchev–Trinajstić information content (AvgIpc) is 3.33. The first kappa shape index (κ1) is 23.2. The van der Waals surface area contributed by atoms with E-state index in [0.717, 1.165) is 42.1 Å². The zero-order valence-electron chi connectivity index (χ0n) is 19.9. The van der Waals surface area contributed by atoms with E-state index in [9.17, 15) is 9.18 Å². The van der Waals surface area contributed by atoms with Crippen LogP contribution in [0, 0.1) is 5.82 Å². The molecular formula is C26H29FN6O2. The Bertz CT molecular complexity index is 1360. The number of hydrogen-bond donors (Lipinski definition) is 1. The van der Waals surface area contributed by atoms with Crippen molar-refractivity contribution in [2.75, 3.05) is 14.2 Å². The number of benzene rings is 2. The molecule has 0 radical (unpaired) electrons. The van der Waals surface area contributed by atoms with Gasteiger partial charge >= 0.3 is 0 Å². The highest BCUT2D eigenvalue weighted by Crippen LogP contribution is 2.32. The summed E-state index contributed by atoms with van der Waals surface area (Å²) in [5, 5.41) is 13.4. The van der Waals surface area contributed by atoms with Gasteiger partial charge in [-0.2, -0.15) is 0 Å². The first-order valence-electron chi connectivity index (χ1n) is 12.0. The third-order valence-electron chi connectivity index (χ3n) is 6.98. The molecule has 8 nitrogen and oxygen atoms in total. The minimum atomic E-state index is -0.451. The van der Waals surface area contributed by atoms with Gasteiger partial charge in [-0.15, -0.1) is 5.10 Å². The molecule has 35 heavy (non-hydrogen) atoms. The standard InChI is InChI=1S/C26H29FN6O2/c1-32(20-6-4-3-5-7-20)24(22-15-18-14-21(35-2)12-13-23(18)28-26(22)34)25-29-30-31-33(25)16-17-8-10-19(27)11-9-17/h8-15,20,24H,3-7,16H2,1-2H3,(H,28,34). The van der Waals surface area contributed by atoms with Crippen molar-refractivity contribution in [1.29, 1.82) is 0 Å². The molecule has 1 atom stereocenters. The number of tetrazole rings is 1. The molecule has 1 unspecified atom stereocenters. The summed E-state index contributed by atoms with van der Waals surface area (Å²) < 4.78 is 20.5. The van der Waals surface area contributed by atoms with Gasteiger partial charge in [-0.25, -0.2) is 9.07 Å². The molecule has 1 saturated carbocycles. The maximum Gasteiger partial charge on any atom is 0.253 e. The fourth-order valence-corrected chi connectivity index (χ4v) is 5.05. The summed E-state index contributed by atoms with van der Waals surface area (Å²) in [5.41, 5.74) is 2.02. The number of methoxy groups -OCH3 is 1. The van der Waals surface area contributed by atoms with Crippen molar-refractivity contribution in [1.82, 2.24) is 30.1 Å². The molecule has 4 aromatic rings. The van der Waals surface area contributed by atoms with Gasteiger partial charge < -0.3 is 9.72 Å². The largest absolute Gasteiger partial charge is 0.497 e. The molecule has 0 saturated heterocycles. The van der Waals surface area contributed by atoms with Crippen LogP contribution in [0.2, 0.25) is 0 Å². The predicted molar refractivity (Wildman–Crippen MR) is 131 cm³/mol. The van der Waals surface area contributed by atoms with E-state index in [-0.39, 0.29) is 11.4 Å². The molecule has 0 bridgehead atoms. The quantitative estimate of drug-likeness (QED) is 0.433. The highest BCUT2D eigenvalue weighted by Gasteiger charge is 2.33. The molecule has 2 heterocycles. The van der Waals surface area contributed by atoms with Crippen molar-refractivity contribution in [2.45, 2.75) is 50.7 Å². The lowest BCUT2D eigenvalue weighted by Gasteiger charge is -2.36. The lowest BCUT2D eigenvalue weighted by atomic mass is 9.92. The van der Waals surface area contributed by atoms with Gasteiger partial charge in [-0.1, -0.05) is 31.4 Å². The topological polar surface area (TPSA) is 88.9 Å². The number of nitrogens with zero attached hydrogens (tertiary/aromatic N) is 5. The van der Waals surface area contributed by atoms with E-state index in [1.54, 1.807) is 23.9 Å². The second kappa shape index (κ2) is 9.95. The van der Waals surface area contributed by atoms with E-state index in [4.69, 9.17) is 4.74 Å². The number of nitrogens with one attached hydrogen (secondary N) is 1. The van der Waals surface area contributed by atoms with E-state index < -0.39 is 6.04 Å². The number of aromatic nitrogens is 5. The molecule has 9 heteroatoms. The van der Waals surface area contributed by atoms with Gasteiger partial charge in [0.15, 0.2) is 5.82 Å². The van der Waals surface area contributed by atoms with Crippen LogP contribution in [0.1, 0.15) is 55.1 Å². The fraction of sp³-hybridized carbons (Fsp3) is 0.385. The highest BCUT2D eigenvalue weighted by atomic mass is 19.1.